The second-order valence-corrected chi connectivity index (χ2v) is 5.62. The first-order chi connectivity index (χ1) is 8.25. The fraction of sp³-hybridized carbons (Fsp3) is 0.462. The number of benzene rings is 1. The molecule has 0 aliphatic heterocycles. The summed E-state index contributed by atoms with van der Waals surface area (Å²) in [4.78, 5) is 4.22. The minimum absolute atomic E-state index is 0.0458. The molecule has 100 valence electrons. The van der Waals surface area contributed by atoms with Crippen LogP contribution in [-0.4, -0.2) is 34.2 Å². The Balaban J connectivity index is 3.04. The smallest absolute Gasteiger partial charge is 0.143 e. The highest BCUT2D eigenvalue weighted by Crippen LogP contribution is 2.31. The summed E-state index contributed by atoms with van der Waals surface area (Å²) in [5, 5.41) is 28.4. The number of aliphatic imine (C=N–C) groups is 1. The standard InChI is InChI=1S/C13H18ClNO3/c1-13(2,3)11(7-16)15-6-8-4-9(17)5-10(14)12(8)18/h4-6,11,16-18H,7H2,1-3H3. The van der Waals surface area contributed by atoms with Crippen molar-refractivity contribution < 1.29 is 15.3 Å². The Morgan fingerprint density at radius 2 is 1.94 bits per heavy atom. The fourth-order valence-electron chi connectivity index (χ4n) is 1.42. The number of halogens is 1. The van der Waals surface area contributed by atoms with Crippen LogP contribution in [0.5, 0.6) is 11.5 Å². The van der Waals surface area contributed by atoms with E-state index in [0.717, 1.165) is 0 Å². The van der Waals surface area contributed by atoms with Crippen LogP contribution >= 0.6 is 11.6 Å². The normalized spacial score (nSPS) is 14.1. The molecule has 1 aromatic carbocycles. The molecule has 1 unspecified atom stereocenters. The van der Waals surface area contributed by atoms with E-state index in [1.165, 1.54) is 18.3 Å². The molecule has 4 nitrogen and oxygen atoms in total. The van der Waals surface area contributed by atoms with Crippen LogP contribution in [-0.2, 0) is 0 Å². The molecule has 0 heterocycles. The zero-order valence-electron chi connectivity index (χ0n) is 10.7. The van der Waals surface area contributed by atoms with Gasteiger partial charge in [-0.05, 0) is 11.5 Å². The zero-order chi connectivity index (χ0) is 13.9. The van der Waals surface area contributed by atoms with Crippen molar-refractivity contribution in [2.75, 3.05) is 6.61 Å². The van der Waals surface area contributed by atoms with E-state index >= 15 is 0 Å². The number of nitrogens with zero attached hydrogens (tertiary/aromatic N) is 1. The second kappa shape index (κ2) is 5.59. The third-order valence-corrected chi connectivity index (χ3v) is 2.93. The fourth-order valence-corrected chi connectivity index (χ4v) is 1.64. The van der Waals surface area contributed by atoms with Crippen molar-refractivity contribution in [1.29, 1.82) is 0 Å². The van der Waals surface area contributed by atoms with Gasteiger partial charge in [0.15, 0.2) is 0 Å². The van der Waals surface area contributed by atoms with Crippen molar-refractivity contribution in [2.24, 2.45) is 10.4 Å². The lowest BCUT2D eigenvalue weighted by atomic mass is 9.88. The first-order valence-corrected chi connectivity index (χ1v) is 5.99. The summed E-state index contributed by atoms with van der Waals surface area (Å²) < 4.78 is 0. The van der Waals surface area contributed by atoms with Gasteiger partial charge in [-0.25, -0.2) is 0 Å². The molecular weight excluding hydrogens is 254 g/mol. The molecule has 1 rings (SSSR count). The van der Waals surface area contributed by atoms with Gasteiger partial charge in [0, 0.05) is 17.8 Å². The number of aromatic hydroxyl groups is 2. The van der Waals surface area contributed by atoms with Gasteiger partial charge >= 0.3 is 0 Å². The van der Waals surface area contributed by atoms with Gasteiger partial charge in [0.2, 0.25) is 0 Å². The van der Waals surface area contributed by atoms with Gasteiger partial charge in [0.05, 0.1) is 17.7 Å². The van der Waals surface area contributed by atoms with Crippen molar-refractivity contribution in [3.63, 3.8) is 0 Å². The van der Waals surface area contributed by atoms with E-state index in [0.29, 0.717) is 5.56 Å². The topological polar surface area (TPSA) is 73.1 Å². The van der Waals surface area contributed by atoms with Gasteiger partial charge in [0.1, 0.15) is 11.5 Å². The molecule has 0 aromatic heterocycles. The first kappa shape index (κ1) is 14.8. The van der Waals surface area contributed by atoms with Crippen molar-refractivity contribution in [1.82, 2.24) is 0 Å². The predicted octanol–water partition coefficient (Wildman–Crippen LogP) is 2.58. The Bertz CT molecular complexity index is 452. The summed E-state index contributed by atoms with van der Waals surface area (Å²) in [6.07, 6.45) is 1.41. The van der Waals surface area contributed by atoms with E-state index < -0.39 is 0 Å². The summed E-state index contributed by atoms with van der Waals surface area (Å²) in [7, 11) is 0. The molecule has 0 aliphatic rings. The maximum absolute atomic E-state index is 9.71. The Kier molecular flexibility index (Phi) is 4.59. The predicted molar refractivity (Wildman–Crippen MR) is 72.7 cm³/mol. The largest absolute Gasteiger partial charge is 0.508 e. The molecule has 0 saturated heterocycles. The number of aliphatic hydroxyl groups excluding tert-OH is 1. The number of rotatable bonds is 3. The SMILES string of the molecule is CC(C)(C)C(CO)N=Cc1cc(O)cc(Cl)c1O. The molecule has 0 radical (unpaired) electrons. The van der Waals surface area contributed by atoms with Crippen molar-refractivity contribution in [3.05, 3.63) is 22.7 Å². The lowest BCUT2D eigenvalue weighted by Crippen LogP contribution is -2.28. The maximum Gasteiger partial charge on any atom is 0.143 e. The minimum Gasteiger partial charge on any atom is -0.508 e. The number of phenols is 2. The summed E-state index contributed by atoms with van der Waals surface area (Å²) in [6.45, 7) is 5.79. The number of phenolic OH excluding ortho intramolecular Hbond substituents is 2. The monoisotopic (exact) mass is 271 g/mol. The average Bonchev–Trinajstić information content (AvgIpc) is 2.23. The van der Waals surface area contributed by atoms with E-state index in [-0.39, 0.29) is 34.6 Å². The highest BCUT2D eigenvalue weighted by atomic mass is 35.5. The first-order valence-electron chi connectivity index (χ1n) is 5.61. The Hall–Kier alpha value is -1.26. The van der Waals surface area contributed by atoms with Gasteiger partial charge in [0.25, 0.3) is 0 Å². The Labute approximate surface area is 112 Å². The third kappa shape index (κ3) is 3.62. The van der Waals surface area contributed by atoms with Crippen LogP contribution in [0.1, 0.15) is 26.3 Å². The van der Waals surface area contributed by atoms with E-state index in [1.807, 2.05) is 20.8 Å². The van der Waals surface area contributed by atoms with Crippen LogP contribution in [0.15, 0.2) is 17.1 Å². The maximum atomic E-state index is 9.71. The van der Waals surface area contributed by atoms with Crippen LogP contribution in [0.2, 0.25) is 5.02 Å². The highest BCUT2D eigenvalue weighted by molar-refractivity contribution is 6.32. The molecule has 0 saturated carbocycles. The molecule has 18 heavy (non-hydrogen) atoms. The second-order valence-electron chi connectivity index (χ2n) is 5.21. The molecule has 0 fully saturated rings. The number of hydrogen-bond donors (Lipinski definition) is 3. The van der Waals surface area contributed by atoms with Gasteiger partial charge in [-0.15, -0.1) is 0 Å². The zero-order valence-corrected chi connectivity index (χ0v) is 11.4. The molecule has 0 spiro atoms. The molecule has 0 bridgehead atoms. The van der Waals surface area contributed by atoms with Crippen molar-refractivity contribution in [2.45, 2.75) is 26.8 Å². The van der Waals surface area contributed by atoms with Gasteiger partial charge < -0.3 is 15.3 Å². The summed E-state index contributed by atoms with van der Waals surface area (Å²) in [6, 6.07) is 2.32. The highest BCUT2D eigenvalue weighted by Gasteiger charge is 2.22. The van der Waals surface area contributed by atoms with Crippen LogP contribution in [0, 0.1) is 5.41 Å². The molecule has 3 N–H and O–H groups in total. The van der Waals surface area contributed by atoms with E-state index in [2.05, 4.69) is 4.99 Å². The van der Waals surface area contributed by atoms with Gasteiger partial charge in [-0.1, -0.05) is 32.4 Å². The van der Waals surface area contributed by atoms with Crippen LogP contribution < -0.4 is 0 Å². The van der Waals surface area contributed by atoms with Crippen molar-refractivity contribution >= 4 is 17.8 Å². The van der Waals surface area contributed by atoms with Crippen LogP contribution in [0.4, 0.5) is 0 Å². The van der Waals surface area contributed by atoms with Crippen molar-refractivity contribution in [3.8, 4) is 11.5 Å². The Morgan fingerprint density at radius 1 is 1.33 bits per heavy atom. The van der Waals surface area contributed by atoms with Crippen LogP contribution in [0.3, 0.4) is 0 Å². The summed E-state index contributed by atoms with van der Waals surface area (Å²) in [5.41, 5.74) is 0.129. The van der Waals surface area contributed by atoms with Gasteiger partial charge in [-0.3, -0.25) is 4.99 Å². The molecule has 5 heteroatoms. The average molecular weight is 272 g/mol. The Morgan fingerprint density at radius 3 is 2.44 bits per heavy atom. The summed E-state index contributed by atoms with van der Waals surface area (Å²) in [5.74, 6) is -0.181. The summed E-state index contributed by atoms with van der Waals surface area (Å²) >= 11 is 5.74. The molecule has 1 atom stereocenters. The van der Waals surface area contributed by atoms with E-state index in [4.69, 9.17) is 11.6 Å². The third-order valence-electron chi connectivity index (χ3n) is 2.64. The van der Waals surface area contributed by atoms with E-state index in [9.17, 15) is 15.3 Å². The lowest BCUT2D eigenvalue weighted by Gasteiger charge is -2.25. The van der Waals surface area contributed by atoms with Crippen LogP contribution in [0.25, 0.3) is 0 Å². The lowest BCUT2D eigenvalue weighted by molar-refractivity contribution is 0.191. The minimum atomic E-state index is -0.293. The molecule has 0 aliphatic carbocycles. The molecule has 0 amide bonds. The van der Waals surface area contributed by atoms with E-state index in [1.54, 1.807) is 0 Å². The molecule has 1 aromatic rings. The van der Waals surface area contributed by atoms with Gasteiger partial charge in [-0.2, -0.15) is 0 Å². The molecular formula is C13H18ClNO3. The number of hydrogen-bond acceptors (Lipinski definition) is 4. The quantitative estimate of drug-likeness (QED) is 0.584. The number of aliphatic hydroxyl groups is 1.